The van der Waals surface area contributed by atoms with Crippen molar-refractivity contribution in [1.29, 1.82) is 0 Å². The lowest BCUT2D eigenvalue weighted by atomic mass is 9.92. The standard InChI is InChI=1S/C13H24BNSi/c1-6-15(7-2)14(3)16(4,5)13-11-9-8-10-12-13/h8-12H,6-7H2,1-5H3. The Morgan fingerprint density at radius 1 is 1.06 bits per heavy atom. The lowest BCUT2D eigenvalue weighted by Gasteiger charge is -2.35. The van der Waals surface area contributed by atoms with E-state index in [0.29, 0.717) is 6.44 Å². The Bertz CT molecular complexity index is 309. The molecule has 0 bridgehead atoms. The Morgan fingerprint density at radius 2 is 1.56 bits per heavy atom. The molecule has 0 aromatic heterocycles. The van der Waals surface area contributed by atoms with E-state index in [2.05, 4.69) is 68.9 Å². The predicted molar refractivity (Wildman–Crippen MR) is 78.1 cm³/mol. The average Bonchev–Trinajstić information content (AvgIpc) is 2.31. The van der Waals surface area contributed by atoms with Crippen LogP contribution in [0.2, 0.25) is 19.9 Å². The minimum absolute atomic E-state index is 0.699. The molecular formula is C13H24BNSi. The maximum atomic E-state index is 2.58. The van der Waals surface area contributed by atoms with Gasteiger partial charge >= 0.3 is 0 Å². The molecule has 1 nitrogen and oxygen atoms in total. The Kier molecular flexibility index (Phi) is 4.81. The fraction of sp³-hybridized carbons (Fsp3) is 0.538. The number of nitrogens with zero attached hydrogens (tertiary/aromatic N) is 1. The molecule has 0 amide bonds. The second-order valence-electron chi connectivity index (χ2n) is 4.98. The van der Waals surface area contributed by atoms with Crippen molar-refractivity contribution in [3.63, 3.8) is 0 Å². The molecule has 0 atom stereocenters. The number of hydrogen-bond acceptors (Lipinski definition) is 1. The highest BCUT2D eigenvalue weighted by atomic mass is 28.3. The molecule has 1 aromatic rings. The van der Waals surface area contributed by atoms with Gasteiger partial charge in [-0.05, 0) is 13.1 Å². The van der Waals surface area contributed by atoms with Crippen LogP contribution in [0.15, 0.2) is 30.3 Å². The van der Waals surface area contributed by atoms with Gasteiger partial charge in [0.1, 0.15) is 0 Å². The summed E-state index contributed by atoms with van der Waals surface area (Å²) in [5.41, 5.74) is 0. The van der Waals surface area contributed by atoms with Gasteiger partial charge in [0, 0.05) is 0 Å². The van der Waals surface area contributed by atoms with Gasteiger partial charge in [-0.25, -0.2) is 0 Å². The largest absolute Gasteiger partial charge is 0.344 e. The first kappa shape index (κ1) is 13.5. The van der Waals surface area contributed by atoms with Gasteiger partial charge in [-0.3, -0.25) is 0 Å². The van der Waals surface area contributed by atoms with E-state index >= 15 is 0 Å². The Balaban J connectivity index is 2.92. The van der Waals surface area contributed by atoms with E-state index in [1.807, 2.05) is 0 Å². The molecule has 16 heavy (non-hydrogen) atoms. The van der Waals surface area contributed by atoms with Crippen LogP contribution in [-0.2, 0) is 0 Å². The molecule has 88 valence electrons. The summed E-state index contributed by atoms with van der Waals surface area (Å²) < 4.78 is 0. The van der Waals surface area contributed by atoms with Crippen LogP contribution in [0.5, 0.6) is 0 Å². The molecule has 0 N–H and O–H groups in total. The second kappa shape index (κ2) is 5.69. The van der Waals surface area contributed by atoms with E-state index in [1.54, 1.807) is 5.19 Å². The summed E-state index contributed by atoms with van der Waals surface area (Å²) in [7, 11) is -1.36. The summed E-state index contributed by atoms with van der Waals surface area (Å²) in [5, 5.41) is 1.56. The fourth-order valence-electron chi connectivity index (χ4n) is 2.34. The molecule has 3 heteroatoms. The van der Waals surface area contributed by atoms with Crippen LogP contribution in [-0.4, -0.2) is 32.3 Å². The molecular weight excluding hydrogens is 209 g/mol. The topological polar surface area (TPSA) is 3.24 Å². The average molecular weight is 233 g/mol. The van der Waals surface area contributed by atoms with Gasteiger partial charge in [0.2, 0.25) is 6.44 Å². The normalized spacial score (nSPS) is 11.9. The molecule has 0 radical (unpaired) electrons. The van der Waals surface area contributed by atoms with Crippen molar-refractivity contribution in [2.24, 2.45) is 0 Å². The van der Waals surface area contributed by atoms with E-state index in [0.717, 1.165) is 13.1 Å². The molecule has 0 saturated carbocycles. The van der Waals surface area contributed by atoms with Crippen molar-refractivity contribution in [3.8, 4) is 0 Å². The monoisotopic (exact) mass is 233 g/mol. The molecule has 0 aliphatic rings. The van der Waals surface area contributed by atoms with Crippen molar-refractivity contribution < 1.29 is 0 Å². The predicted octanol–water partition coefficient (Wildman–Crippen LogP) is 2.64. The van der Waals surface area contributed by atoms with Crippen LogP contribution < -0.4 is 5.19 Å². The molecule has 1 aromatic carbocycles. The van der Waals surface area contributed by atoms with Crippen molar-refractivity contribution >= 4 is 19.6 Å². The third kappa shape index (κ3) is 2.77. The highest BCUT2D eigenvalue weighted by Crippen LogP contribution is 2.11. The number of benzene rings is 1. The first-order valence-corrected chi connectivity index (χ1v) is 9.41. The van der Waals surface area contributed by atoms with Crippen LogP contribution in [0, 0.1) is 0 Å². The van der Waals surface area contributed by atoms with Gasteiger partial charge in [-0.2, -0.15) is 0 Å². The van der Waals surface area contributed by atoms with Crippen molar-refractivity contribution in [2.45, 2.75) is 33.8 Å². The van der Waals surface area contributed by atoms with Crippen LogP contribution in [0.25, 0.3) is 0 Å². The second-order valence-corrected chi connectivity index (χ2v) is 9.84. The van der Waals surface area contributed by atoms with Crippen LogP contribution in [0.3, 0.4) is 0 Å². The zero-order chi connectivity index (χ0) is 12.2. The maximum absolute atomic E-state index is 2.58. The molecule has 0 saturated heterocycles. The number of hydrogen-bond donors (Lipinski definition) is 0. The van der Waals surface area contributed by atoms with E-state index in [9.17, 15) is 0 Å². The third-order valence-electron chi connectivity index (χ3n) is 3.92. The lowest BCUT2D eigenvalue weighted by molar-refractivity contribution is 0.490. The molecule has 1 rings (SSSR count). The Hall–Kier alpha value is -0.538. The molecule has 0 fully saturated rings. The van der Waals surface area contributed by atoms with E-state index in [-0.39, 0.29) is 0 Å². The summed E-state index contributed by atoms with van der Waals surface area (Å²) in [4.78, 5) is 2.58. The summed E-state index contributed by atoms with van der Waals surface area (Å²) in [6.45, 7) is 14.2. The van der Waals surface area contributed by atoms with Crippen molar-refractivity contribution in [2.75, 3.05) is 13.1 Å². The summed E-state index contributed by atoms with van der Waals surface area (Å²) in [5.74, 6) is 0. The van der Waals surface area contributed by atoms with Crippen molar-refractivity contribution in [3.05, 3.63) is 30.3 Å². The highest BCUT2D eigenvalue weighted by Gasteiger charge is 2.36. The number of rotatable bonds is 5. The van der Waals surface area contributed by atoms with E-state index in [1.165, 1.54) is 0 Å². The molecule has 0 unspecified atom stereocenters. The van der Waals surface area contributed by atoms with Gasteiger partial charge in [-0.15, -0.1) is 0 Å². The highest BCUT2D eigenvalue weighted by molar-refractivity contribution is 7.36. The minimum atomic E-state index is -1.36. The van der Waals surface area contributed by atoms with Gasteiger partial charge < -0.3 is 4.81 Å². The molecule has 0 heterocycles. The Labute approximate surface area is 102 Å². The Morgan fingerprint density at radius 3 is 2.00 bits per heavy atom. The first-order valence-electron chi connectivity index (χ1n) is 6.33. The van der Waals surface area contributed by atoms with Gasteiger partial charge in [0.15, 0.2) is 0 Å². The van der Waals surface area contributed by atoms with Crippen LogP contribution >= 0.6 is 0 Å². The molecule has 0 aliphatic heterocycles. The summed E-state index contributed by atoms with van der Waals surface area (Å²) >= 11 is 0. The smallest absolute Gasteiger partial charge is 0.214 e. The van der Waals surface area contributed by atoms with Gasteiger partial charge in [-0.1, -0.05) is 69.3 Å². The fourth-order valence-corrected chi connectivity index (χ4v) is 5.15. The first-order chi connectivity index (χ1) is 7.54. The van der Waals surface area contributed by atoms with Gasteiger partial charge in [0.25, 0.3) is 0 Å². The van der Waals surface area contributed by atoms with Crippen LogP contribution in [0.1, 0.15) is 13.8 Å². The molecule has 0 aliphatic carbocycles. The lowest BCUT2D eigenvalue weighted by Crippen LogP contribution is -2.62. The summed E-state index contributed by atoms with van der Waals surface area (Å²) in [6.07, 6.45) is 0.699. The minimum Gasteiger partial charge on any atom is -0.344 e. The van der Waals surface area contributed by atoms with E-state index < -0.39 is 7.94 Å². The van der Waals surface area contributed by atoms with Crippen LogP contribution in [0.4, 0.5) is 0 Å². The quantitative estimate of drug-likeness (QED) is 0.707. The van der Waals surface area contributed by atoms with Crippen molar-refractivity contribution in [1.82, 2.24) is 4.81 Å². The summed E-state index contributed by atoms with van der Waals surface area (Å²) in [6, 6.07) is 11.0. The van der Waals surface area contributed by atoms with E-state index in [4.69, 9.17) is 0 Å². The maximum Gasteiger partial charge on any atom is 0.214 e. The van der Waals surface area contributed by atoms with Gasteiger partial charge in [0.05, 0.1) is 7.94 Å². The molecule has 0 spiro atoms. The zero-order valence-corrected chi connectivity index (χ0v) is 12.3. The SMILES string of the molecule is CCN(CC)B(C)[Si](C)(C)c1ccccc1. The third-order valence-corrected chi connectivity index (χ3v) is 8.20. The zero-order valence-electron chi connectivity index (χ0n) is 11.3.